The molecule has 0 radical (unpaired) electrons. The van der Waals surface area contributed by atoms with Gasteiger partial charge < -0.3 is 9.64 Å². The van der Waals surface area contributed by atoms with E-state index in [1.807, 2.05) is 37.0 Å². The first-order chi connectivity index (χ1) is 9.69. The SMILES string of the molecule is COCC1CN(c2ccc(C)nn2)Cc2cnn(C)c21. The van der Waals surface area contributed by atoms with Crippen LogP contribution < -0.4 is 4.90 Å². The number of ether oxygens (including phenoxy) is 1. The highest BCUT2D eigenvalue weighted by atomic mass is 16.5. The van der Waals surface area contributed by atoms with Gasteiger partial charge in [-0.1, -0.05) is 0 Å². The fourth-order valence-electron chi connectivity index (χ4n) is 2.83. The molecular weight excluding hydrogens is 254 g/mol. The standard InChI is InChI=1S/C14H19N5O/c1-10-4-5-13(17-16-10)19-7-11-6-15-18(2)14(11)12(8-19)9-20-3/h4-6,12H,7-9H2,1-3H3. The molecule has 1 aliphatic heterocycles. The molecule has 1 unspecified atom stereocenters. The summed E-state index contributed by atoms with van der Waals surface area (Å²) in [6, 6.07) is 4.01. The molecule has 6 nitrogen and oxygen atoms in total. The van der Waals surface area contributed by atoms with Gasteiger partial charge in [-0.2, -0.15) is 10.2 Å². The van der Waals surface area contributed by atoms with Gasteiger partial charge >= 0.3 is 0 Å². The van der Waals surface area contributed by atoms with Gasteiger partial charge in [-0.25, -0.2) is 0 Å². The van der Waals surface area contributed by atoms with Gasteiger partial charge in [0.1, 0.15) is 0 Å². The number of anilines is 1. The summed E-state index contributed by atoms with van der Waals surface area (Å²) in [6.07, 6.45) is 1.94. The van der Waals surface area contributed by atoms with E-state index in [0.717, 1.165) is 24.6 Å². The van der Waals surface area contributed by atoms with Gasteiger partial charge in [0.25, 0.3) is 0 Å². The van der Waals surface area contributed by atoms with Gasteiger partial charge in [0.05, 0.1) is 24.2 Å². The quantitative estimate of drug-likeness (QED) is 0.843. The molecule has 0 fully saturated rings. The van der Waals surface area contributed by atoms with Crippen molar-refractivity contribution in [2.45, 2.75) is 19.4 Å². The lowest BCUT2D eigenvalue weighted by atomic mass is 9.97. The number of fused-ring (bicyclic) bond motifs is 1. The first-order valence-corrected chi connectivity index (χ1v) is 6.74. The Morgan fingerprint density at radius 1 is 1.35 bits per heavy atom. The molecule has 0 amide bonds. The van der Waals surface area contributed by atoms with Crippen LogP contribution >= 0.6 is 0 Å². The van der Waals surface area contributed by atoms with E-state index in [2.05, 4.69) is 20.2 Å². The van der Waals surface area contributed by atoms with Gasteiger partial charge in [-0.3, -0.25) is 4.68 Å². The molecule has 0 spiro atoms. The van der Waals surface area contributed by atoms with Gasteiger partial charge in [0, 0.05) is 38.7 Å². The first kappa shape index (κ1) is 13.1. The summed E-state index contributed by atoms with van der Waals surface area (Å²) in [5.74, 6) is 1.21. The minimum absolute atomic E-state index is 0.305. The smallest absolute Gasteiger partial charge is 0.151 e. The van der Waals surface area contributed by atoms with E-state index in [0.29, 0.717) is 12.5 Å². The van der Waals surface area contributed by atoms with Gasteiger partial charge in [-0.15, -0.1) is 5.10 Å². The third-order valence-corrected chi connectivity index (χ3v) is 3.73. The number of methoxy groups -OCH3 is 1. The van der Waals surface area contributed by atoms with E-state index in [1.165, 1.54) is 11.3 Å². The van der Waals surface area contributed by atoms with Crippen molar-refractivity contribution in [3.05, 3.63) is 35.3 Å². The average molecular weight is 273 g/mol. The lowest BCUT2D eigenvalue weighted by Gasteiger charge is -2.33. The molecule has 20 heavy (non-hydrogen) atoms. The highest BCUT2D eigenvalue weighted by Gasteiger charge is 2.29. The summed E-state index contributed by atoms with van der Waals surface area (Å²) < 4.78 is 7.32. The number of hydrogen-bond donors (Lipinski definition) is 0. The molecule has 0 aliphatic carbocycles. The van der Waals surface area contributed by atoms with Gasteiger partial charge in [0.2, 0.25) is 0 Å². The fraction of sp³-hybridized carbons (Fsp3) is 0.500. The minimum atomic E-state index is 0.305. The molecule has 3 heterocycles. The lowest BCUT2D eigenvalue weighted by Crippen LogP contribution is -2.36. The third kappa shape index (κ3) is 2.27. The molecule has 106 valence electrons. The van der Waals surface area contributed by atoms with Crippen molar-refractivity contribution in [3.8, 4) is 0 Å². The van der Waals surface area contributed by atoms with Crippen molar-refractivity contribution >= 4 is 5.82 Å². The summed E-state index contributed by atoms with van der Waals surface area (Å²) in [6.45, 7) is 4.32. The zero-order chi connectivity index (χ0) is 14.1. The van der Waals surface area contributed by atoms with E-state index >= 15 is 0 Å². The normalized spacial score (nSPS) is 18.1. The molecule has 1 atom stereocenters. The van der Waals surface area contributed by atoms with Crippen molar-refractivity contribution in [2.75, 3.05) is 25.2 Å². The van der Waals surface area contributed by atoms with Gasteiger partial charge in [-0.05, 0) is 19.1 Å². The molecule has 0 N–H and O–H groups in total. The largest absolute Gasteiger partial charge is 0.384 e. The van der Waals surface area contributed by atoms with Crippen LogP contribution in [0.15, 0.2) is 18.3 Å². The van der Waals surface area contributed by atoms with Crippen LogP contribution in [0.25, 0.3) is 0 Å². The lowest BCUT2D eigenvalue weighted by molar-refractivity contribution is 0.175. The second kappa shape index (κ2) is 5.20. The van der Waals surface area contributed by atoms with Crippen LogP contribution in [0.5, 0.6) is 0 Å². The summed E-state index contributed by atoms with van der Waals surface area (Å²) in [4.78, 5) is 2.24. The van der Waals surface area contributed by atoms with Crippen LogP contribution in [-0.2, 0) is 18.3 Å². The van der Waals surface area contributed by atoms with E-state index in [4.69, 9.17) is 4.74 Å². The second-order valence-electron chi connectivity index (χ2n) is 5.24. The Morgan fingerprint density at radius 3 is 2.90 bits per heavy atom. The Hall–Kier alpha value is -1.95. The molecular formula is C14H19N5O. The average Bonchev–Trinajstić information content (AvgIpc) is 2.82. The topological polar surface area (TPSA) is 56.1 Å². The molecule has 2 aromatic heterocycles. The van der Waals surface area contributed by atoms with Crippen LogP contribution in [0.4, 0.5) is 5.82 Å². The third-order valence-electron chi connectivity index (χ3n) is 3.73. The molecule has 1 aliphatic rings. The number of aromatic nitrogens is 4. The molecule has 6 heteroatoms. The molecule has 0 saturated heterocycles. The van der Waals surface area contributed by atoms with Crippen LogP contribution in [-0.4, -0.2) is 40.2 Å². The Balaban J connectivity index is 1.91. The summed E-state index contributed by atoms with van der Waals surface area (Å²) >= 11 is 0. The predicted octanol–water partition coefficient (Wildman–Crippen LogP) is 1.27. The zero-order valence-electron chi connectivity index (χ0n) is 12.1. The van der Waals surface area contributed by atoms with E-state index < -0.39 is 0 Å². The van der Waals surface area contributed by atoms with Crippen molar-refractivity contribution in [1.29, 1.82) is 0 Å². The minimum Gasteiger partial charge on any atom is -0.384 e. The zero-order valence-corrected chi connectivity index (χ0v) is 12.1. The molecule has 2 aromatic rings. The van der Waals surface area contributed by atoms with E-state index in [9.17, 15) is 0 Å². The highest BCUT2D eigenvalue weighted by Crippen LogP contribution is 2.30. The van der Waals surface area contributed by atoms with Gasteiger partial charge in [0.15, 0.2) is 5.82 Å². The summed E-state index contributed by atoms with van der Waals surface area (Å²) in [5.41, 5.74) is 3.44. The molecule has 0 aromatic carbocycles. The number of rotatable bonds is 3. The molecule has 3 rings (SSSR count). The molecule has 0 saturated carbocycles. The number of nitrogens with zero attached hydrogens (tertiary/aromatic N) is 5. The Labute approximate surface area is 118 Å². The van der Waals surface area contributed by atoms with Crippen molar-refractivity contribution in [3.63, 3.8) is 0 Å². The maximum atomic E-state index is 5.36. The van der Waals surface area contributed by atoms with Crippen LogP contribution in [0.3, 0.4) is 0 Å². The van der Waals surface area contributed by atoms with Crippen LogP contribution in [0.1, 0.15) is 22.9 Å². The molecule has 0 bridgehead atoms. The fourth-order valence-corrected chi connectivity index (χ4v) is 2.83. The monoisotopic (exact) mass is 273 g/mol. The van der Waals surface area contributed by atoms with Crippen molar-refractivity contribution < 1.29 is 4.74 Å². The first-order valence-electron chi connectivity index (χ1n) is 6.74. The van der Waals surface area contributed by atoms with Crippen molar-refractivity contribution in [1.82, 2.24) is 20.0 Å². The van der Waals surface area contributed by atoms with E-state index in [-0.39, 0.29) is 0 Å². The Kier molecular flexibility index (Phi) is 3.40. The number of aryl methyl sites for hydroxylation is 2. The Bertz CT molecular complexity index is 592. The predicted molar refractivity (Wildman–Crippen MR) is 75.6 cm³/mol. The highest BCUT2D eigenvalue weighted by molar-refractivity contribution is 5.43. The summed E-state index contributed by atoms with van der Waals surface area (Å²) in [5, 5.41) is 12.8. The van der Waals surface area contributed by atoms with E-state index in [1.54, 1.807) is 7.11 Å². The second-order valence-corrected chi connectivity index (χ2v) is 5.24. The Morgan fingerprint density at radius 2 is 2.20 bits per heavy atom. The van der Waals surface area contributed by atoms with Crippen LogP contribution in [0.2, 0.25) is 0 Å². The maximum Gasteiger partial charge on any atom is 0.151 e. The van der Waals surface area contributed by atoms with Crippen molar-refractivity contribution in [2.24, 2.45) is 7.05 Å². The summed E-state index contributed by atoms with van der Waals surface area (Å²) in [7, 11) is 3.73. The maximum absolute atomic E-state index is 5.36. The number of hydrogen-bond acceptors (Lipinski definition) is 5. The van der Waals surface area contributed by atoms with Crippen LogP contribution in [0, 0.1) is 6.92 Å².